The lowest BCUT2D eigenvalue weighted by atomic mass is 10.0. The molecule has 0 radical (unpaired) electrons. The van der Waals surface area contributed by atoms with Crippen LogP contribution in [-0.2, 0) is 11.2 Å². The summed E-state index contributed by atoms with van der Waals surface area (Å²) in [4.78, 5) is 12.0. The minimum absolute atomic E-state index is 0.0554. The molecule has 0 saturated heterocycles. The van der Waals surface area contributed by atoms with Gasteiger partial charge in [-0.05, 0) is 45.2 Å². The van der Waals surface area contributed by atoms with Crippen LogP contribution in [-0.4, -0.2) is 18.0 Å². The number of rotatable bonds is 9. The fourth-order valence-electron chi connectivity index (χ4n) is 2.15. The molecule has 0 aliphatic heterocycles. The van der Waals surface area contributed by atoms with Crippen LogP contribution >= 0.6 is 0 Å². The Morgan fingerprint density at radius 3 is 2.65 bits per heavy atom. The Kier molecular flexibility index (Phi) is 7.37. The molecule has 3 atom stereocenters. The summed E-state index contributed by atoms with van der Waals surface area (Å²) in [5.41, 5.74) is 5.71. The van der Waals surface area contributed by atoms with E-state index in [1.54, 1.807) is 6.26 Å². The number of nitrogens with two attached hydrogens (primary N) is 1. The van der Waals surface area contributed by atoms with Crippen molar-refractivity contribution in [1.29, 1.82) is 0 Å². The lowest BCUT2D eigenvalue weighted by Gasteiger charge is -2.17. The SMILES string of the molecule is CC(N)CCCC(C)C(=O)NC(C)CCc1ccco1. The van der Waals surface area contributed by atoms with Gasteiger partial charge in [0.1, 0.15) is 5.76 Å². The normalized spacial score (nSPS) is 15.6. The molecule has 0 fully saturated rings. The summed E-state index contributed by atoms with van der Waals surface area (Å²) in [5, 5.41) is 3.07. The highest BCUT2D eigenvalue weighted by Crippen LogP contribution is 2.11. The van der Waals surface area contributed by atoms with E-state index in [0.717, 1.165) is 37.9 Å². The number of hydrogen-bond donors (Lipinski definition) is 2. The van der Waals surface area contributed by atoms with Crippen molar-refractivity contribution in [3.8, 4) is 0 Å². The average Bonchev–Trinajstić information content (AvgIpc) is 2.88. The first-order chi connectivity index (χ1) is 9.49. The highest BCUT2D eigenvalue weighted by Gasteiger charge is 2.15. The van der Waals surface area contributed by atoms with E-state index in [0.29, 0.717) is 0 Å². The van der Waals surface area contributed by atoms with Crippen molar-refractivity contribution in [3.63, 3.8) is 0 Å². The summed E-state index contributed by atoms with van der Waals surface area (Å²) >= 11 is 0. The summed E-state index contributed by atoms with van der Waals surface area (Å²) in [5.74, 6) is 1.16. The molecule has 3 N–H and O–H groups in total. The summed E-state index contributed by atoms with van der Waals surface area (Å²) in [7, 11) is 0. The van der Waals surface area contributed by atoms with Gasteiger partial charge in [0, 0.05) is 24.4 Å². The number of carbonyl (C=O) groups is 1. The first-order valence-electron chi connectivity index (χ1n) is 7.57. The molecule has 0 aliphatic carbocycles. The van der Waals surface area contributed by atoms with Crippen LogP contribution in [0.15, 0.2) is 22.8 Å². The molecule has 1 aromatic rings. The molecule has 0 bridgehead atoms. The Morgan fingerprint density at radius 2 is 2.05 bits per heavy atom. The lowest BCUT2D eigenvalue weighted by molar-refractivity contribution is -0.125. The summed E-state index contributed by atoms with van der Waals surface area (Å²) in [6, 6.07) is 4.24. The van der Waals surface area contributed by atoms with Gasteiger partial charge < -0.3 is 15.5 Å². The van der Waals surface area contributed by atoms with Gasteiger partial charge in [-0.15, -0.1) is 0 Å². The molecule has 3 unspecified atom stereocenters. The summed E-state index contributed by atoms with van der Waals surface area (Å²) < 4.78 is 5.29. The first kappa shape index (κ1) is 16.8. The van der Waals surface area contributed by atoms with Crippen LogP contribution < -0.4 is 11.1 Å². The van der Waals surface area contributed by atoms with E-state index in [4.69, 9.17) is 10.2 Å². The van der Waals surface area contributed by atoms with Crippen molar-refractivity contribution in [2.45, 2.75) is 65.0 Å². The van der Waals surface area contributed by atoms with Gasteiger partial charge in [-0.1, -0.05) is 13.3 Å². The Hall–Kier alpha value is -1.29. The monoisotopic (exact) mass is 280 g/mol. The van der Waals surface area contributed by atoms with Gasteiger partial charge in [0.2, 0.25) is 5.91 Å². The fraction of sp³-hybridized carbons (Fsp3) is 0.688. The number of nitrogens with one attached hydrogen (secondary N) is 1. The molecule has 4 heteroatoms. The second-order valence-corrected chi connectivity index (χ2v) is 5.84. The van der Waals surface area contributed by atoms with E-state index in [2.05, 4.69) is 5.32 Å². The number of amides is 1. The summed E-state index contributed by atoms with van der Waals surface area (Å²) in [6.07, 6.45) is 6.31. The number of hydrogen-bond acceptors (Lipinski definition) is 3. The largest absolute Gasteiger partial charge is 0.469 e. The van der Waals surface area contributed by atoms with Crippen LogP contribution in [0.1, 0.15) is 52.2 Å². The molecule has 1 heterocycles. The average molecular weight is 280 g/mol. The smallest absolute Gasteiger partial charge is 0.223 e. The van der Waals surface area contributed by atoms with Gasteiger partial charge in [-0.25, -0.2) is 0 Å². The third-order valence-electron chi connectivity index (χ3n) is 3.54. The molecule has 1 rings (SSSR count). The second kappa shape index (κ2) is 8.80. The van der Waals surface area contributed by atoms with Crippen molar-refractivity contribution in [3.05, 3.63) is 24.2 Å². The van der Waals surface area contributed by atoms with Crippen molar-refractivity contribution in [2.75, 3.05) is 0 Å². The third kappa shape index (κ3) is 6.75. The zero-order valence-electron chi connectivity index (χ0n) is 12.9. The van der Waals surface area contributed by atoms with Crippen LogP contribution in [0.5, 0.6) is 0 Å². The Morgan fingerprint density at radius 1 is 1.30 bits per heavy atom. The topological polar surface area (TPSA) is 68.3 Å². The summed E-state index contributed by atoms with van der Waals surface area (Å²) in [6.45, 7) is 6.02. The molecule has 0 aliphatic rings. The maximum Gasteiger partial charge on any atom is 0.223 e. The van der Waals surface area contributed by atoms with Crippen LogP contribution in [0.25, 0.3) is 0 Å². The standard InChI is InChI=1S/C16H28N2O2/c1-12(6-4-7-13(2)17)16(19)18-14(3)9-10-15-8-5-11-20-15/h5,8,11-14H,4,6-7,9-10,17H2,1-3H3,(H,18,19). The van der Waals surface area contributed by atoms with E-state index in [9.17, 15) is 4.79 Å². The fourth-order valence-corrected chi connectivity index (χ4v) is 2.15. The Bertz CT molecular complexity index is 374. The molecule has 1 amide bonds. The van der Waals surface area contributed by atoms with Crippen LogP contribution in [0.2, 0.25) is 0 Å². The molecular weight excluding hydrogens is 252 g/mol. The molecule has 0 saturated carbocycles. The second-order valence-electron chi connectivity index (χ2n) is 5.84. The Labute approximate surface area is 122 Å². The van der Waals surface area contributed by atoms with Gasteiger partial charge in [-0.2, -0.15) is 0 Å². The van der Waals surface area contributed by atoms with E-state index in [1.165, 1.54) is 0 Å². The highest BCUT2D eigenvalue weighted by molar-refractivity contribution is 5.78. The number of carbonyl (C=O) groups excluding carboxylic acids is 1. The molecule has 0 spiro atoms. The number of furan rings is 1. The maximum absolute atomic E-state index is 12.0. The van der Waals surface area contributed by atoms with Crippen LogP contribution in [0.3, 0.4) is 0 Å². The van der Waals surface area contributed by atoms with Gasteiger partial charge in [0.05, 0.1) is 6.26 Å². The van der Waals surface area contributed by atoms with Crippen molar-refractivity contribution in [2.24, 2.45) is 11.7 Å². The van der Waals surface area contributed by atoms with Crippen LogP contribution in [0, 0.1) is 5.92 Å². The third-order valence-corrected chi connectivity index (χ3v) is 3.54. The zero-order chi connectivity index (χ0) is 15.0. The quantitative estimate of drug-likeness (QED) is 0.731. The predicted octanol–water partition coefficient (Wildman–Crippen LogP) is 2.87. The van der Waals surface area contributed by atoms with Crippen molar-refractivity contribution in [1.82, 2.24) is 5.32 Å². The highest BCUT2D eigenvalue weighted by atomic mass is 16.3. The lowest BCUT2D eigenvalue weighted by Crippen LogP contribution is -2.36. The predicted molar refractivity (Wildman–Crippen MR) is 81.3 cm³/mol. The molecule has 114 valence electrons. The van der Waals surface area contributed by atoms with Gasteiger partial charge >= 0.3 is 0 Å². The van der Waals surface area contributed by atoms with E-state index in [1.807, 2.05) is 32.9 Å². The molecule has 0 aromatic carbocycles. The molecule has 20 heavy (non-hydrogen) atoms. The first-order valence-corrected chi connectivity index (χ1v) is 7.57. The maximum atomic E-state index is 12.0. The molecule has 4 nitrogen and oxygen atoms in total. The van der Waals surface area contributed by atoms with Gasteiger partial charge in [-0.3, -0.25) is 4.79 Å². The van der Waals surface area contributed by atoms with Gasteiger partial charge in [0.15, 0.2) is 0 Å². The van der Waals surface area contributed by atoms with Crippen LogP contribution in [0.4, 0.5) is 0 Å². The van der Waals surface area contributed by atoms with Crippen molar-refractivity contribution < 1.29 is 9.21 Å². The van der Waals surface area contributed by atoms with Gasteiger partial charge in [0.25, 0.3) is 0 Å². The number of aryl methyl sites for hydroxylation is 1. The Balaban J connectivity index is 2.19. The van der Waals surface area contributed by atoms with Crippen molar-refractivity contribution >= 4 is 5.91 Å². The zero-order valence-corrected chi connectivity index (χ0v) is 12.9. The van der Waals surface area contributed by atoms with E-state index >= 15 is 0 Å². The molecular formula is C16H28N2O2. The minimum atomic E-state index is 0.0554. The van der Waals surface area contributed by atoms with E-state index in [-0.39, 0.29) is 23.9 Å². The molecule has 1 aromatic heterocycles. The minimum Gasteiger partial charge on any atom is -0.469 e. The van der Waals surface area contributed by atoms with E-state index < -0.39 is 0 Å².